The van der Waals surface area contributed by atoms with Crippen molar-refractivity contribution < 1.29 is 9.46 Å². The van der Waals surface area contributed by atoms with Crippen molar-refractivity contribution in [3.05, 3.63) is 0 Å². The van der Waals surface area contributed by atoms with E-state index in [9.17, 15) is 4.57 Å². The van der Waals surface area contributed by atoms with E-state index in [2.05, 4.69) is 5.32 Å². The second kappa shape index (κ2) is 1.06. The maximum absolute atomic E-state index is 10.2. The molecule has 3 nitrogen and oxygen atoms in total. The molecule has 36 valence electrons. The van der Waals surface area contributed by atoms with Gasteiger partial charge < -0.3 is 4.89 Å². The molecule has 0 unspecified atom stereocenters. The van der Waals surface area contributed by atoms with Crippen LogP contribution in [0.1, 0.15) is 0 Å². The van der Waals surface area contributed by atoms with Crippen molar-refractivity contribution in [1.29, 1.82) is 0 Å². The lowest BCUT2D eigenvalue weighted by Gasteiger charge is -2.20. The molecule has 4 heteroatoms. The quantitative estimate of drug-likeness (QED) is 0.420. The molecule has 0 aromatic carbocycles. The van der Waals surface area contributed by atoms with Gasteiger partial charge in [-0.3, -0.25) is 9.88 Å². The lowest BCUT2D eigenvalue weighted by molar-refractivity contribution is 0.448. The smallest absolute Gasteiger partial charge is 0.227 e. The summed E-state index contributed by atoms with van der Waals surface area (Å²) in [5, 5.41) is 2.69. The SMILES string of the molecule is O=P1(O)CNC1. The Bertz CT molecular complexity index is 93.7. The average Bonchev–Trinajstić information content (AvgIpc) is 1.32. The second-order valence-corrected chi connectivity index (χ2v) is 3.74. The van der Waals surface area contributed by atoms with Crippen LogP contribution in [0.15, 0.2) is 0 Å². The number of hydrogen-bond acceptors (Lipinski definition) is 2. The van der Waals surface area contributed by atoms with Crippen LogP contribution in [0.25, 0.3) is 0 Å². The van der Waals surface area contributed by atoms with Crippen molar-refractivity contribution in [2.45, 2.75) is 0 Å². The van der Waals surface area contributed by atoms with Gasteiger partial charge in [-0.15, -0.1) is 0 Å². The molecule has 1 fully saturated rings. The van der Waals surface area contributed by atoms with Crippen LogP contribution >= 0.6 is 7.37 Å². The summed E-state index contributed by atoms with van der Waals surface area (Å²) < 4.78 is 10.2. The largest absolute Gasteiger partial charge is 0.343 e. The molecule has 1 aliphatic rings. The van der Waals surface area contributed by atoms with E-state index in [4.69, 9.17) is 4.89 Å². The van der Waals surface area contributed by atoms with E-state index in [0.717, 1.165) is 0 Å². The Balaban J connectivity index is 2.53. The molecule has 0 aromatic heterocycles. The Morgan fingerprint density at radius 2 is 2.00 bits per heavy atom. The van der Waals surface area contributed by atoms with Crippen LogP contribution in [0, 0.1) is 0 Å². The minimum Gasteiger partial charge on any atom is -0.343 e. The molecule has 2 N–H and O–H groups in total. The van der Waals surface area contributed by atoms with Crippen LogP contribution in [0.4, 0.5) is 0 Å². The standard InChI is InChI=1S/C2H6NO2P/c4-6(5)1-3-2-6/h3H,1-2H2,(H,4,5). The monoisotopic (exact) mass is 107 g/mol. The van der Waals surface area contributed by atoms with Crippen LogP contribution in [0.2, 0.25) is 0 Å². The fourth-order valence-corrected chi connectivity index (χ4v) is 0.909. The van der Waals surface area contributed by atoms with E-state index in [0.29, 0.717) is 12.6 Å². The summed E-state index contributed by atoms with van der Waals surface area (Å²) in [6.07, 6.45) is 0.625. The van der Waals surface area contributed by atoms with Gasteiger partial charge in [0.2, 0.25) is 7.37 Å². The summed E-state index contributed by atoms with van der Waals surface area (Å²) >= 11 is 0. The molecule has 1 aliphatic heterocycles. The van der Waals surface area contributed by atoms with Crippen molar-refractivity contribution in [1.82, 2.24) is 5.32 Å². The highest BCUT2D eigenvalue weighted by molar-refractivity contribution is 7.59. The van der Waals surface area contributed by atoms with Gasteiger partial charge in [-0.25, -0.2) is 0 Å². The van der Waals surface area contributed by atoms with E-state index < -0.39 is 7.37 Å². The Kier molecular flexibility index (Phi) is 0.761. The van der Waals surface area contributed by atoms with E-state index in [1.54, 1.807) is 0 Å². The minimum absolute atomic E-state index is 0.312. The van der Waals surface area contributed by atoms with Crippen molar-refractivity contribution in [3.8, 4) is 0 Å². The topological polar surface area (TPSA) is 49.3 Å². The van der Waals surface area contributed by atoms with Gasteiger partial charge in [0.05, 0.1) is 12.6 Å². The highest BCUT2D eigenvalue weighted by Crippen LogP contribution is 2.43. The number of nitrogens with one attached hydrogen (secondary N) is 1. The summed E-state index contributed by atoms with van der Waals surface area (Å²) in [5.41, 5.74) is 0. The van der Waals surface area contributed by atoms with Crippen LogP contribution in [0.5, 0.6) is 0 Å². The summed E-state index contributed by atoms with van der Waals surface area (Å²) in [7, 11) is -2.58. The summed E-state index contributed by atoms with van der Waals surface area (Å²) in [6.45, 7) is 0. The molecule has 1 heterocycles. The third-order valence-corrected chi connectivity index (χ3v) is 2.15. The first-order valence-electron chi connectivity index (χ1n) is 1.72. The molecular formula is C2H6NO2P. The predicted octanol–water partition coefficient (Wildman–Crippen LogP) is -0.225. The minimum atomic E-state index is -2.58. The van der Waals surface area contributed by atoms with Crippen molar-refractivity contribution in [2.75, 3.05) is 12.6 Å². The molecule has 0 aliphatic carbocycles. The van der Waals surface area contributed by atoms with Gasteiger partial charge in [-0.2, -0.15) is 0 Å². The van der Waals surface area contributed by atoms with Gasteiger partial charge in [-0.05, 0) is 0 Å². The van der Waals surface area contributed by atoms with Crippen molar-refractivity contribution in [2.24, 2.45) is 0 Å². The van der Waals surface area contributed by atoms with Gasteiger partial charge >= 0.3 is 0 Å². The molecule has 0 saturated carbocycles. The third-order valence-electron chi connectivity index (χ3n) is 0.718. The maximum Gasteiger partial charge on any atom is 0.227 e. The zero-order chi connectivity index (χ0) is 4.62. The van der Waals surface area contributed by atoms with Gasteiger partial charge in [-0.1, -0.05) is 0 Å². The zero-order valence-electron chi connectivity index (χ0n) is 3.22. The maximum atomic E-state index is 10.2. The van der Waals surface area contributed by atoms with E-state index in [1.807, 2.05) is 0 Å². The molecule has 6 heavy (non-hydrogen) atoms. The van der Waals surface area contributed by atoms with Crippen LogP contribution < -0.4 is 5.32 Å². The number of rotatable bonds is 0. The lowest BCUT2D eigenvalue weighted by atomic mass is 11.2. The fraction of sp³-hybridized carbons (Fsp3) is 1.00. The van der Waals surface area contributed by atoms with Gasteiger partial charge in [0.1, 0.15) is 0 Å². The highest BCUT2D eigenvalue weighted by Gasteiger charge is 2.25. The van der Waals surface area contributed by atoms with Crippen LogP contribution in [-0.2, 0) is 4.57 Å². The second-order valence-electron chi connectivity index (χ2n) is 1.41. The Morgan fingerprint density at radius 1 is 1.67 bits per heavy atom. The highest BCUT2D eigenvalue weighted by atomic mass is 31.2. The first-order valence-corrected chi connectivity index (χ1v) is 3.75. The van der Waals surface area contributed by atoms with Crippen molar-refractivity contribution >= 4 is 7.37 Å². The molecule has 1 saturated heterocycles. The van der Waals surface area contributed by atoms with Gasteiger partial charge in [0.25, 0.3) is 0 Å². The zero-order valence-corrected chi connectivity index (χ0v) is 4.11. The number of hydrogen-bond donors (Lipinski definition) is 2. The van der Waals surface area contributed by atoms with Gasteiger partial charge in [0, 0.05) is 0 Å². The first-order chi connectivity index (χ1) is 2.71. The predicted molar refractivity (Wildman–Crippen MR) is 22.7 cm³/mol. The third kappa shape index (κ3) is 0.620. The first kappa shape index (κ1) is 4.31. The summed E-state index contributed by atoms with van der Waals surface area (Å²) in [6, 6.07) is 0. The van der Waals surface area contributed by atoms with E-state index in [1.165, 1.54) is 0 Å². The average molecular weight is 107 g/mol. The molecular weight excluding hydrogens is 101 g/mol. The van der Waals surface area contributed by atoms with Gasteiger partial charge in [0.15, 0.2) is 0 Å². The Morgan fingerprint density at radius 3 is 2.00 bits per heavy atom. The summed E-state index contributed by atoms with van der Waals surface area (Å²) in [4.78, 5) is 8.41. The molecule has 0 spiro atoms. The van der Waals surface area contributed by atoms with Crippen LogP contribution in [0.3, 0.4) is 0 Å². The van der Waals surface area contributed by atoms with E-state index >= 15 is 0 Å². The normalized spacial score (nSPS) is 28.8. The fourth-order valence-electron chi connectivity index (χ4n) is 0.303. The molecule has 1 rings (SSSR count). The van der Waals surface area contributed by atoms with Crippen LogP contribution in [-0.4, -0.2) is 17.5 Å². The summed E-state index contributed by atoms with van der Waals surface area (Å²) in [5.74, 6) is 0. The molecule has 0 atom stereocenters. The molecule has 0 amide bonds. The molecule has 0 bridgehead atoms. The molecule has 0 radical (unpaired) electrons. The lowest BCUT2D eigenvalue weighted by Crippen LogP contribution is -2.29. The van der Waals surface area contributed by atoms with E-state index in [-0.39, 0.29) is 0 Å². The molecule has 0 aromatic rings. The van der Waals surface area contributed by atoms with Crippen molar-refractivity contribution in [3.63, 3.8) is 0 Å². The Hall–Kier alpha value is 0.150. The Labute approximate surface area is 35.8 Å².